The number of amides is 1. The van der Waals surface area contributed by atoms with Crippen LogP contribution in [0.25, 0.3) is 0 Å². The molecule has 1 fully saturated rings. The Kier molecular flexibility index (Phi) is 8.24. The normalized spacial score (nSPS) is 17.9. The molecule has 3 N–H and O–H groups in total. The first-order valence-corrected chi connectivity index (χ1v) is 7.93. The minimum absolute atomic E-state index is 0. The summed E-state index contributed by atoms with van der Waals surface area (Å²) in [5.41, 5.74) is 5.87. The summed E-state index contributed by atoms with van der Waals surface area (Å²) in [7, 11) is 1.35. The van der Waals surface area contributed by atoms with Gasteiger partial charge in [-0.05, 0) is 32.4 Å². The van der Waals surface area contributed by atoms with Crippen molar-refractivity contribution in [3.8, 4) is 0 Å². The largest absolute Gasteiger partial charge is 0.465 e. The van der Waals surface area contributed by atoms with E-state index in [9.17, 15) is 9.59 Å². The predicted molar refractivity (Wildman–Crippen MR) is 92.1 cm³/mol. The van der Waals surface area contributed by atoms with Crippen molar-refractivity contribution in [3.63, 3.8) is 0 Å². The number of esters is 1. The Balaban J connectivity index is 0.00000288. The van der Waals surface area contributed by atoms with E-state index in [2.05, 4.69) is 10.2 Å². The van der Waals surface area contributed by atoms with Gasteiger partial charge in [0.15, 0.2) is 0 Å². The molecule has 24 heavy (non-hydrogen) atoms. The third-order valence-electron chi connectivity index (χ3n) is 4.07. The molecule has 2 heterocycles. The molecule has 0 bridgehead atoms. The van der Waals surface area contributed by atoms with Gasteiger partial charge in [0.2, 0.25) is 5.91 Å². The zero-order valence-corrected chi connectivity index (χ0v) is 15.0. The molecule has 1 atom stereocenters. The summed E-state index contributed by atoms with van der Waals surface area (Å²) in [4.78, 5) is 25.9. The minimum Gasteiger partial charge on any atom is -0.465 e. The number of nitrogens with zero attached hydrogens (tertiary/aromatic N) is 1. The first-order chi connectivity index (χ1) is 11.0. The van der Waals surface area contributed by atoms with Gasteiger partial charge >= 0.3 is 5.97 Å². The number of ether oxygens (including phenoxy) is 1. The van der Waals surface area contributed by atoms with Crippen molar-refractivity contribution >= 4 is 24.3 Å². The number of halogens is 1. The van der Waals surface area contributed by atoms with Gasteiger partial charge in [-0.25, -0.2) is 4.79 Å². The van der Waals surface area contributed by atoms with E-state index in [1.807, 2.05) is 0 Å². The molecule has 0 saturated carbocycles. The molecule has 8 heteroatoms. The van der Waals surface area contributed by atoms with E-state index in [0.29, 0.717) is 43.3 Å². The molecular formula is C16H26ClN3O4. The third-order valence-corrected chi connectivity index (χ3v) is 4.07. The number of nitrogens with two attached hydrogens (primary N) is 1. The van der Waals surface area contributed by atoms with E-state index in [1.54, 1.807) is 13.0 Å². The number of nitrogens with one attached hydrogen (secondary N) is 1. The summed E-state index contributed by atoms with van der Waals surface area (Å²) in [6.07, 6.45) is 1.85. The minimum atomic E-state index is -0.393. The van der Waals surface area contributed by atoms with Gasteiger partial charge in [-0.2, -0.15) is 0 Å². The van der Waals surface area contributed by atoms with E-state index in [0.717, 1.165) is 19.4 Å². The van der Waals surface area contributed by atoms with Crippen LogP contribution in [0.3, 0.4) is 0 Å². The highest BCUT2D eigenvalue weighted by atomic mass is 35.5. The number of hydrogen-bond acceptors (Lipinski definition) is 6. The number of aryl methyl sites for hydroxylation is 1. The van der Waals surface area contributed by atoms with Gasteiger partial charge in [-0.3, -0.25) is 9.69 Å². The molecule has 1 amide bonds. The molecule has 136 valence electrons. The van der Waals surface area contributed by atoms with Gasteiger partial charge in [-0.1, -0.05) is 0 Å². The average molecular weight is 360 g/mol. The van der Waals surface area contributed by atoms with Crippen molar-refractivity contribution in [1.82, 2.24) is 10.2 Å². The number of piperidine rings is 1. The van der Waals surface area contributed by atoms with E-state index >= 15 is 0 Å². The molecule has 0 aliphatic carbocycles. The average Bonchev–Trinajstić information content (AvgIpc) is 2.92. The molecule has 0 aromatic carbocycles. The Morgan fingerprint density at radius 1 is 1.50 bits per heavy atom. The smallest absolute Gasteiger partial charge is 0.341 e. The number of carbonyl (C=O) groups excluding carboxylic acids is 2. The van der Waals surface area contributed by atoms with Gasteiger partial charge in [0, 0.05) is 19.6 Å². The van der Waals surface area contributed by atoms with E-state index in [1.165, 1.54) is 7.11 Å². The number of carbonyl (C=O) groups is 2. The Labute approximate surface area is 148 Å². The zero-order valence-electron chi connectivity index (χ0n) is 14.2. The molecule has 0 radical (unpaired) electrons. The van der Waals surface area contributed by atoms with Crippen LogP contribution in [-0.2, 0) is 16.1 Å². The topological polar surface area (TPSA) is 97.8 Å². The second kappa shape index (κ2) is 9.66. The number of methoxy groups -OCH3 is 1. The summed E-state index contributed by atoms with van der Waals surface area (Å²) in [6, 6.07) is 1.72. The third kappa shape index (κ3) is 5.22. The highest BCUT2D eigenvalue weighted by Gasteiger charge is 2.26. The highest BCUT2D eigenvalue weighted by Crippen LogP contribution is 2.21. The molecule has 1 aromatic heterocycles. The lowest BCUT2D eigenvalue weighted by molar-refractivity contribution is -0.126. The van der Waals surface area contributed by atoms with Crippen molar-refractivity contribution in [1.29, 1.82) is 0 Å². The van der Waals surface area contributed by atoms with Gasteiger partial charge in [0.25, 0.3) is 0 Å². The Bertz CT molecular complexity index is 562. The lowest BCUT2D eigenvalue weighted by Gasteiger charge is -2.31. The molecule has 1 saturated heterocycles. The second-order valence-electron chi connectivity index (χ2n) is 5.83. The van der Waals surface area contributed by atoms with Crippen LogP contribution < -0.4 is 11.1 Å². The first kappa shape index (κ1) is 20.5. The van der Waals surface area contributed by atoms with Crippen LogP contribution in [0.15, 0.2) is 10.5 Å². The fourth-order valence-corrected chi connectivity index (χ4v) is 2.91. The van der Waals surface area contributed by atoms with Crippen molar-refractivity contribution in [2.24, 2.45) is 11.7 Å². The van der Waals surface area contributed by atoms with Crippen LogP contribution >= 0.6 is 12.4 Å². The van der Waals surface area contributed by atoms with Gasteiger partial charge in [-0.15, -0.1) is 12.4 Å². The monoisotopic (exact) mass is 359 g/mol. The molecule has 1 aliphatic rings. The van der Waals surface area contributed by atoms with Crippen molar-refractivity contribution in [3.05, 3.63) is 23.2 Å². The summed E-state index contributed by atoms with van der Waals surface area (Å²) in [5.74, 6) is 0.916. The van der Waals surface area contributed by atoms with Gasteiger partial charge in [0.1, 0.15) is 17.1 Å². The van der Waals surface area contributed by atoms with Crippen molar-refractivity contribution in [2.75, 3.05) is 33.3 Å². The van der Waals surface area contributed by atoms with Crippen LogP contribution in [0.1, 0.15) is 34.7 Å². The molecule has 1 unspecified atom stereocenters. The number of furan rings is 1. The zero-order chi connectivity index (χ0) is 16.8. The molecule has 1 aliphatic heterocycles. The standard InChI is InChI=1S/C16H25N3O4.ClH/c1-11-14(16(21)22-2)8-13(23-11)10-19-7-3-4-12(9-19)15(20)18-6-5-17;/h8,12H,3-7,9-10,17H2,1-2H3,(H,18,20);1H. The van der Waals surface area contributed by atoms with Gasteiger partial charge < -0.3 is 20.2 Å². The summed E-state index contributed by atoms with van der Waals surface area (Å²) < 4.78 is 10.4. The predicted octanol–water partition coefficient (Wildman–Crippen LogP) is 1.08. The summed E-state index contributed by atoms with van der Waals surface area (Å²) in [5, 5.41) is 2.85. The Hall–Kier alpha value is -1.57. The summed E-state index contributed by atoms with van der Waals surface area (Å²) in [6.45, 7) is 4.88. The maximum Gasteiger partial charge on any atom is 0.341 e. The van der Waals surface area contributed by atoms with Crippen LogP contribution in [0, 0.1) is 12.8 Å². The van der Waals surface area contributed by atoms with E-state index < -0.39 is 5.97 Å². The number of hydrogen-bond donors (Lipinski definition) is 2. The quantitative estimate of drug-likeness (QED) is 0.738. The fourth-order valence-electron chi connectivity index (χ4n) is 2.91. The maximum absolute atomic E-state index is 12.1. The van der Waals surface area contributed by atoms with Crippen LogP contribution in [0.2, 0.25) is 0 Å². The molecule has 1 aromatic rings. The Morgan fingerprint density at radius 3 is 2.92 bits per heavy atom. The maximum atomic E-state index is 12.1. The van der Waals surface area contributed by atoms with Crippen LogP contribution in [0.4, 0.5) is 0 Å². The highest BCUT2D eigenvalue weighted by molar-refractivity contribution is 5.90. The number of rotatable bonds is 6. The molecule has 2 rings (SSSR count). The number of likely N-dealkylation sites (tertiary alicyclic amines) is 1. The fraction of sp³-hybridized carbons (Fsp3) is 0.625. The van der Waals surface area contributed by atoms with Crippen LogP contribution in [0.5, 0.6) is 0 Å². The second-order valence-corrected chi connectivity index (χ2v) is 5.83. The van der Waals surface area contributed by atoms with Crippen LogP contribution in [-0.4, -0.2) is 50.1 Å². The molecule has 0 spiro atoms. The first-order valence-electron chi connectivity index (χ1n) is 7.93. The van der Waals surface area contributed by atoms with E-state index in [4.69, 9.17) is 14.9 Å². The lowest BCUT2D eigenvalue weighted by atomic mass is 9.97. The van der Waals surface area contributed by atoms with Crippen molar-refractivity contribution in [2.45, 2.75) is 26.3 Å². The lowest BCUT2D eigenvalue weighted by Crippen LogP contribution is -2.43. The Morgan fingerprint density at radius 2 is 2.25 bits per heavy atom. The van der Waals surface area contributed by atoms with Crippen molar-refractivity contribution < 1.29 is 18.7 Å². The SMILES string of the molecule is COC(=O)c1cc(CN2CCCC(C(=O)NCCN)C2)oc1C.Cl. The van der Waals surface area contributed by atoms with Gasteiger partial charge in [0.05, 0.1) is 19.6 Å². The van der Waals surface area contributed by atoms with E-state index in [-0.39, 0.29) is 24.2 Å². The molecule has 7 nitrogen and oxygen atoms in total. The summed E-state index contributed by atoms with van der Waals surface area (Å²) >= 11 is 0. The molecular weight excluding hydrogens is 334 g/mol.